The van der Waals surface area contributed by atoms with Crippen LogP contribution in [-0.2, 0) is 9.53 Å². The van der Waals surface area contributed by atoms with Gasteiger partial charge in [0.05, 0.1) is 17.0 Å². The number of aryl methyl sites for hydroxylation is 1. The largest absolute Gasteiger partial charge is 0.496 e. The summed E-state index contributed by atoms with van der Waals surface area (Å²) in [4.78, 5) is 38.5. The highest BCUT2D eigenvalue weighted by Crippen LogP contribution is 2.44. The normalized spacial score (nSPS) is 23.5. The highest BCUT2D eigenvalue weighted by atomic mass is 32.1. The van der Waals surface area contributed by atoms with E-state index in [-0.39, 0.29) is 17.9 Å². The van der Waals surface area contributed by atoms with Gasteiger partial charge in [-0.05, 0) is 118 Å². The van der Waals surface area contributed by atoms with E-state index in [2.05, 4.69) is 41.5 Å². The number of alkyl carbamates (subject to hydrolysis) is 1. The molecule has 0 aliphatic heterocycles. The number of rotatable bonds is 9. The Labute approximate surface area is 264 Å². The lowest BCUT2D eigenvalue weighted by Crippen LogP contribution is -2.42. The van der Waals surface area contributed by atoms with Crippen LogP contribution < -0.4 is 15.0 Å². The Hall–Kier alpha value is -3.46. The molecule has 3 aromatic rings. The summed E-state index contributed by atoms with van der Waals surface area (Å²) < 4.78 is 11.0. The highest BCUT2D eigenvalue weighted by Gasteiger charge is 2.34. The summed E-state index contributed by atoms with van der Waals surface area (Å²) in [5, 5.41) is 3.74. The summed E-state index contributed by atoms with van der Waals surface area (Å²) in [6, 6.07) is 10.7. The number of ether oxygens (including phenoxy) is 2. The monoisotopic (exact) mass is 616 g/mol. The molecule has 0 atom stereocenters. The van der Waals surface area contributed by atoms with Crippen molar-refractivity contribution >= 4 is 29.2 Å². The minimum atomic E-state index is -0.407. The number of carbonyl (C=O) groups is 2. The van der Waals surface area contributed by atoms with Crippen LogP contribution in [0.25, 0.3) is 10.4 Å². The molecule has 2 heterocycles. The zero-order chi connectivity index (χ0) is 30.6. The third-order valence-electron chi connectivity index (χ3n) is 9.70. The quantitative estimate of drug-likeness (QED) is 0.266. The topological polar surface area (TPSA) is 93.7 Å². The van der Waals surface area contributed by atoms with Crippen molar-refractivity contribution in [1.82, 2.24) is 15.3 Å². The van der Waals surface area contributed by atoms with E-state index in [1.54, 1.807) is 25.5 Å². The van der Waals surface area contributed by atoms with Crippen LogP contribution in [0.15, 0.2) is 42.7 Å². The first-order valence-electron chi connectivity index (χ1n) is 16.2. The Kier molecular flexibility index (Phi) is 9.50. The number of hydrogen-bond donors (Lipinski definition) is 1. The molecule has 0 radical (unpaired) electrons. The van der Waals surface area contributed by atoms with E-state index in [0.717, 1.165) is 47.7 Å². The van der Waals surface area contributed by atoms with Crippen molar-refractivity contribution in [3.63, 3.8) is 0 Å². The lowest BCUT2D eigenvalue weighted by Gasteiger charge is -2.35. The standard InChI is InChI=1S/C35H44N4O4S/c1-22-18-27(12-15-30(22)42-3)24-6-4-23(5-7-24)21-39(34(40)26-10-13-29(14-11-26)43-35(41)36-2)32-19-28(16-17-37-32)31-20-38-33(44-31)25-8-9-25/h12,15-20,23-26,29H,4-11,13-14,21H2,1-3H3,(H,36,41)/t23-,24-,26-,29-. The molecule has 3 saturated carbocycles. The molecule has 0 saturated heterocycles. The number of methoxy groups -OCH3 is 1. The van der Waals surface area contributed by atoms with Crippen molar-refractivity contribution in [2.45, 2.75) is 89.1 Å². The van der Waals surface area contributed by atoms with Gasteiger partial charge in [-0.15, -0.1) is 11.3 Å². The molecule has 2 amide bonds. The second-order valence-electron chi connectivity index (χ2n) is 12.8. The maximum absolute atomic E-state index is 14.2. The van der Waals surface area contributed by atoms with Gasteiger partial charge in [0.25, 0.3) is 0 Å². The molecule has 3 fully saturated rings. The molecule has 0 bridgehead atoms. The van der Waals surface area contributed by atoms with Crippen LogP contribution in [0.5, 0.6) is 5.75 Å². The van der Waals surface area contributed by atoms with Crippen LogP contribution in [0.4, 0.5) is 10.6 Å². The molecular formula is C35H44N4O4S. The smallest absolute Gasteiger partial charge is 0.407 e. The molecule has 0 unspecified atom stereocenters. The maximum Gasteiger partial charge on any atom is 0.407 e. The highest BCUT2D eigenvalue weighted by molar-refractivity contribution is 7.15. The van der Waals surface area contributed by atoms with E-state index >= 15 is 0 Å². The zero-order valence-electron chi connectivity index (χ0n) is 26.1. The fraction of sp³-hybridized carbons (Fsp3) is 0.543. The number of nitrogens with one attached hydrogen (secondary N) is 1. The molecule has 1 aromatic carbocycles. The first-order valence-corrected chi connectivity index (χ1v) is 17.0. The van der Waals surface area contributed by atoms with E-state index in [9.17, 15) is 9.59 Å². The number of carbonyl (C=O) groups excluding carboxylic acids is 2. The maximum atomic E-state index is 14.2. The minimum Gasteiger partial charge on any atom is -0.496 e. The fourth-order valence-electron chi connectivity index (χ4n) is 6.91. The second-order valence-corrected chi connectivity index (χ2v) is 13.8. The van der Waals surface area contributed by atoms with E-state index < -0.39 is 6.09 Å². The van der Waals surface area contributed by atoms with E-state index in [1.807, 2.05) is 23.4 Å². The van der Waals surface area contributed by atoms with Crippen LogP contribution >= 0.6 is 11.3 Å². The number of anilines is 1. The Morgan fingerprint density at radius 2 is 1.70 bits per heavy atom. The van der Waals surface area contributed by atoms with Crippen molar-refractivity contribution in [3.05, 3.63) is 58.9 Å². The van der Waals surface area contributed by atoms with Crippen molar-refractivity contribution in [1.29, 1.82) is 0 Å². The lowest BCUT2D eigenvalue weighted by molar-refractivity contribution is -0.124. The van der Waals surface area contributed by atoms with Crippen molar-refractivity contribution in [3.8, 4) is 16.2 Å². The molecule has 9 heteroatoms. The molecular weight excluding hydrogens is 572 g/mol. The van der Waals surface area contributed by atoms with E-state index in [0.29, 0.717) is 50.0 Å². The van der Waals surface area contributed by atoms with Crippen LogP contribution in [0.3, 0.4) is 0 Å². The van der Waals surface area contributed by atoms with Crippen molar-refractivity contribution < 1.29 is 19.1 Å². The van der Waals surface area contributed by atoms with Crippen LogP contribution in [-0.4, -0.2) is 48.8 Å². The number of benzene rings is 1. The Balaban J connectivity index is 1.17. The number of thiazole rings is 1. The summed E-state index contributed by atoms with van der Waals surface area (Å²) >= 11 is 1.76. The van der Waals surface area contributed by atoms with Gasteiger partial charge in [-0.3, -0.25) is 9.69 Å². The first kappa shape index (κ1) is 30.6. The fourth-order valence-corrected chi connectivity index (χ4v) is 7.99. The number of hydrogen-bond acceptors (Lipinski definition) is 7. The Morgan fingerprint density at radius 1 is 0.955 bits per heavy atom. The van der Waals surface area contributed by atoms with Gasteiger partial charge in [-0.2, -0.15) is 0 Å². The van der Waals surface area contributed by atoms with Crippen molar-refractivity contribution in [2.24, 2.45) is 11.8 Å². The van der Waals surface area contributed by atoms with Gasteiger partial charge in [-0.25, -0.2) is 14.8 Å². The number of aromatic nitrogens is 2. The average molecular weight is 617 g/mol. The first-order chi connectivity index (χ1) is 21.4. The second kappa shape index (κ2) is 13.7. The zero-order valence-corrected chi connectivity index (χ0v) is 26.9. The summed E-state index contributed by atoms with van der Waals surface area (Å²) in [5.41, 5.74) is 3.63. The number of pyridine rings is 1. The average Bonchev–Trinajstić information content (AvgIpc) is 3.79. The molecule has 1 N–H and O–H groups in total. The van der Waals surface area contributed by atoms with Gasteiger partial charge < -0.3 is 14.8 Å². The predicted molar refractivity (Wildman–Crippen MR) is 173 cm³/mol. The van der Waals surface area contributed by atoms with E-state index in [1.165, 1.54) is 29.0 Å². The van der Waals surface area contributed by atoms with Gasteiger partial charge in [-0.1, -0.05) is 12.1 Å². The third kappa shape index (κ3) is 7.09. The van der Waals surface area contributed by atoms with Gasteiger partial charge in [0, 0.05) is 37.8 Å². The SMILES string of the molecule is CNC(=O)O[C@H]1CC[C@H](C(=O)N(C[C@H]2CC[C@H](c3ccc(OC)c(C)c3)CC2)c2cc(-c3cnc(C4CC4)s3)ccn2)CC1. The number of amides is 2. The summed E-state index contributed by atoms with van der Waals surface area (Å²) in [6.45, 7) is 2.78. The molecule has 6 rings (SSSR count). The number of nitrogens with zero attached hydrogens (tertiary/aromatic N) is 3. The molecule has 44 heavy (non-hydrogen) atoms. The summed E-state index contributed by atoms with van der Waals surface area (Å²) in [5.74, 6) is 3.26. The molecule has 8 nitrogen and oxygen atoms in total. The van der Waals surface area contributed by atoms with Crippen molar-refractivity contribution in [2.75, 3.05) is 25.6 Å². The molecule has 3 aliphatic carbocycles. The van der Waals surface area contributed by atoms with Crippen LogP contribution in [0, 0.1) is 18.8 Å². The lowest BCUT2D eigenvalue weighted by atomic mass is 9.78. The molecule has 234 valence electrons. The summed E-state index contributed by atoms with van der Waals surface area (Å²) in [7, 11) is 3.29. The van der Waals surface area contributed by atoms with Gasteiger partial charge in [0.1, 0.15) is 17.7 Å². The van der Waals surface area contributed by atoms with Gasteiger partial charge in [0.15, 0.2) is 0 Å². The molecule has 3 aliphatic rings. The van der Waals surface area contributed by atoms with Crippen LogP contribution in [0.2, 0.25) is 0 Å². The molecule has 2 aromatic heterocycles. The van der Waals surface area contributed by atoms with Gasteiger partial charge >= 0.3 is 6.09 Å². The Morgan fingerprint density at radius 3 is 2.39 bits per heavy atom. The minimum absolute atomic E-state index is 0.103. The predicted octanol–water partition coefficient (Wildman–Crippen LogP) is 7.62. The third-order valence-corrected chi connectivity index (χ3v) is 10.9. The summed E-state index contributed by atoms with van der Waals surface area (Å²) in [6.07, 6.45) is 12.9. The Bertz CT molecular complexity index is 1450. The van der Waals surface area contributed by atoms with Gasteiger partial charge in [0.2, 0.25) is 5.91 Å². The van der Waals surface area contributed by atoms with E-state index in [4.69, 9.17) is 14.5 Å². The molecule has 0 spiro atoms. The van der Waals surface area contributed by atoms with Crippen LogP contribution in [0.1, 0.15) is 92.2 Å².